The van der Waals surface area contributed by atoms with Crippen LogP contribution in [0.4, 0.5) is 20.3 Å². The Morgan fingerprint density at radius 3 is 2.54 bits per heavy atom. The molecule has 14 heteroatoms. The van der Waals surface area contributed by atoms with Crippen LogP contribution in [-0.2, 0) is 14.3 Å². The number of para-hydroxylation sites is 1. The summed E-state index contributed by atoms with van der Waals surface area (Å²) in [6.07, 6.45) is 1.03. The first kappa shape index (κ1) is 28.9. The van der Waals surface area contributed by atoms with Crippen molar-refractivity contribution in [1.29, 1.82) is 0 Å². The lowest BCUT2D eigenvalue weighted by Crippen LogP contribution is -2.63. The van der Waals surface area contributed by atoms with Crippen LogP contribution in [0.5, 0.6) is 0 Å². The number of rotatable bonds is 3. The maximum atomic E-state index is 13.1. The smallest absolute Gasteiger partial charge is 0.297 e. The van der Waals surface area contributed by atoms with E-state index < -0.39 is 12.2 Å². The van der Waals surface area contributed by atoms with Crippen molar-refractivity contribution >= 4 is 56.0 Å². The van der Waals surface area contributed by atoms with Crippen LogP contribution in [0.1, 0.15) is 25.1 Å². The molecule has 3 fully saturated rings. The normalized spacial score (nSPS) is 17.7. The van der Waals surface area contributed by atoms with Crippen LogP contribution in [0.15, 0.2) is 50.2 Å². The molecule has 0 radical (unpaired) electrons. The average Bonchev–Trinajstić information content (AvgIpc) is 3.62. The quantitative estimate of drug-likeness (QED) is 0.313. The van der Waals surface area contributed by atoms with Crippen molar-refractivity contribution < 1.29 is 32.6 Å². The van der Waals surface area contributed by atoms with E-state index in [1.807, 2.05) is 35.2 Å². The van der Waals surface area contributed by atoms with Gasteiger partial charge in [-0.3, -0.25) is 9.59 Å². The lowest BCUT2D eigenvalue weighted by molar-refractivity contribution is -0.211. The molecule has 3 saturated heterocycles. The SMILES string of the molecule is FC(F)c1nc(N2CCCC2)c2oc3ccccc3c2n1.O=CO.O=c1[nH]cc(Br)cc1N1CCOC2(COC2)C1. The number of carbonyl (C=O) groups is 1. The number of hydrogen-bond donors (Lipinski definition) is 2. The summed E-state index contributed by atoms with van der Waals surface area (Å²) in [4.78, 5) is 35.0. The number of aromatic amines is 1. The van der Waals surface area contributed by atoms with E-state index in [9.17, 15) is 13.6 Å². The minimum Gasteiger partial charge on any atom is -0.483 e. The van der Waals surface area contributed by atoms with Gasteiger partial charge in [-0.15, -0.1) is 0 Å². The van der Waals surface area contributed by atoms with Crippen LogP contribution >= 0.6 is 15.9 Å². The maximum Gasteiger partial charge on any atom is 0.297 e. The molecular weight excluding hydrogens is 608 g/mol. The van der Waals surface area contributed by atoms with Crippen molar-refractivity contribution in [2.24, 2.45) is 0 Å². The number of pyridine rings is 1. The molecule has 3 aliphatic heterocycles. The van der Waals surface area contributed by atoms with Gasteiger partial charge in [-0.2, -0.15) is 0 Å². The highest BCUT2D eigenvalue weighted by Crippen LogP contribution is 2.35. The van der Waals surface area contributed by atoms with Gasteiger partial charge in [-0.05, 0) is 47.0 Å². The summed E-state index contributed by atoms with van der Waals surface area (Å²) in [5.74, 6) is 0.0555. The standard InChI is InChI=1S/C15H13F2N3O.C11H13BrN2O3.CH2O2/c16-13(17)14-18-11-9-5-1-2-6-10(9)21-12(11)15(19-14)20-7-3-4-8-20;12-8-3-9(10(15)13-4-8)14-1-2-17-11(5-14)6-16-7-11;2-1-3/h1-2,5-6,13H,3-4,7-8H2;3-4H,1-2,5-7H2,(H,13,15);1H,(H,2,3). The number of aromatic nitrogens is 3. The van der Waals surface area contributed by atoms with Gasteiger partial charge in [-0.1, -0.05) is 12.1 Å². The molecule has 4 aromatic rings. The maximum absolute atomic E-state index is 13.1. The molecule has 0 saturated carbocycles. The summed E-state index contributed by atoms with van der Waals surface area (Å²) < 4.78 is 43.8. The summed E-state index contributed by atoms with van der Waals surface area (Å²) in [5, 5.41) is 7.64. The number of morpholine rings is 1. The average molecular weight is 636 g/mol. The summed E-state index contributed by atoms with van der Waals surface area (Å²) in [6, 6.07) is 9.18. The number of anilines is 2. The third-order valence-corrected chi connectivity index (χ3v) is 7.45. The fraction of sp³-hybridized carbons (Fsp3) is 0.407. The molecule has 1 aromatic carbocycles. The Kier molecular flexibility index (Phi) is 8.80. The first-order valence-electron chi connectivity index (χ1n) is 13.0. The molecule has 11 nitrogen and oxygen atoms in total. The van der Waals surface area contributed by atoms with Gasteiger partial charge in [0.25, 0.3) is 18.5 Å². The van der Waals surface area contributed by atoms with Gasteiger partial charge in [0.1, 0.15) is 22.4 Å². The van der Waals surface area contributed by atoms with E-state index in [1.165, 1.54) is 0 Å². The number of nitrogens with one attached hydrogen (secondary N) is 1. The van der Waals surface area contributed by atoms with E-state index >= 15 is 0 Å². The van der Waals surface area contributed by atoms with E-state index in [4.69, 9.17) is 23.8 Å². The molecule has 6 heterocycles. The van der Waals surface area contributed by atoms with Crippen molar-refractivity contribution in [3.05, 3.63) is 57.2 Å². The third kappa shape index (κ3) is 6.19. The Morgan fingerprint density at radius 2 is 1.85 bits per heavy atom. The first-order chi connectivity index (χ1) is 19.8. The van der Waals surface area contributed by atoms with Crippen LogP contribution in [0.25, 0.3) is 22.1 Å². The molecule has 0 atom stereocenters. The molecule has 2 N–H and O–H groups in total. The molecule has 0 bridgehead atoms. The van der Waals surface area contributed by atoms with E-state index in [0.717, 1.165) is 42.3 Å². The number of ether oxygens (including phenoxy) is 2. The molecule has 0 aliphatic carbocycles. The first-order valence-corrected chi connectivity index (χ1v) is 13.8. The Morgan fingerprint density at radius 1 is 1.12 bits per heavy atom. The number of halogens is 3. The minimum atomic E-state index is -2.69. The van der Waals surface area contributed by atoms with E-state index in [0.29, 0.717) is 54.6 Å². The highest BCUT2D eigenvalue weighted by atomic mass is 79.9. The van der Waals surface area contributed by atoms with Crippen molar-refractivity contribution in [3.8, 4) is 0 Å². The zero-order chi connectivity index (χ0) is 29.0. The van der Waals surface area contributed by atoms with Gasteiger partial charge in [-0.25, -0.2) is 18.7 Å². The Labute approximate surface area is 241 Å². The monoisotopic (exact) mass is 635 g/mol. The van der Waals surface area contributed by atoms with E-state index in [1.54, 1.807) is 6.20 Å². The lowest BCUT2D eigenvalue weighted by atomic mass is 9.99. The molecule has 0 unspecified atom stereocenters. The Hall–Kier alpha value is -3.62. The largest absolute Gasteiger partial charge is 0.483 e. The molecule has 7 rings (SSSR count). The molecule has 41 heavy (non-hydrogen) atoms. The predicted molar refractivity (Wildman–Crippen MR) is 151 cm³/mol. The molecule has 1 spiro atoms. The third-order valence-electron chi connectivity index (χ3n) is 6.99. The number of furan rings is 1. The number of benzene rings is 1. The van der Waals surface area contributed by atoms with Crippen molar-refractivity contribution in [2.45, 2.75) is 24.9 Å². The predicted octanol–water partition coefficient (Wildman–Crippen LogP) is 4.36. The number of carboxylic acid groups (broad SMARTS) is 1. The summed E-state index contributed by atoms with van der Waals surface area (Å²) in [6.45, 7) is 4.70. The fourth-order valence-electron chi connectivity index (χ4n) is 5.07. The molecular formula is C27H28BrF2N5O6. The molecule has 218 valence electrons. The highest BCUT2D eigenvalue weighted by Gasteiger charge is 2.44. The van der Waals surface area contributed by atoms with E-state index in [-0.39, 0.29) is 17.6 Å². The summed E-state index contributed by atoms with van der Waals surface area (Å²) in [7, 11) is 0. The zero-order valence-electron chi connectivity index (χ0n) is 21.9. The lowest BCUT2D eigenvalue weighted by Gasteiger charge is -2.48. The second-order valence-electron chi connectivity index (χ2n) is 9.76. The van der Waals surface area contributed by atoms with Crippen molar-refractivity contribution in [3.63, 3.8) is 0 Å². The topological polar surface area (TPSA) is 134 Å². The summed E-state index contributed by atoms with van der Waals surface area (Å²) >= 11 is 3.37. The van der Waals surface area contributed by atoms with Crippen LogP contribution in [0, 0.1) is 0 Å². The second kappa shape index (κ2) is 12.5. The van der Waals surface area contributed by atoms with Gasteiger partial charge in [0.05, 0.1) is 26.4 Å². The summed E-state index contributed by atoms with van der Waals surface area (Å²) in [5.41, 5.74) is 2.04. The number of nitrogens with zero attached hydrogens (tertiary/aromatic N) is 4. The van der Waals surface area contributed by atoms with Crippen LogP contribution in [-0.4, -0.2) is 78.1 Å². The van der Waals surface area contributed by atoms with Gasteiger partial charge < -0.3 is 33.8 Å². The van der Waals surface area contributed by atoms with Crippen molar-refractivity contribution in [2.75, 3.05) is 55.8 Å². The van der Waals surface area contributed by atoms with Gasteiger partial charge >= 0.3 is 0 Å². The molecule has 3 aromatic heterocycles. The number of H-pyrrole nitrogens is 1. The Bertz CT molecular complexity index is 1570. The number of fused-ring (bicyclic) bond motifs is 3. The van der Waals surface area contributed by atoms with E-state index in [2.05, 4.69) is 35.8 Å². The molecule has 3 aliphatic rings. The van der Waals surface area contributed by atoms with Gasteiger partial charge in [0, 0.05) is 35.7 Å². The van der Waals surface area contributed by atoms with Crippen LogP contribution in [0.2, 0.25) is 0 Å². The number of alkyl halides is 2. The van der Waals surface area contributed by atoms with Gasteiger partial charge in [0.15, 0.2) is 17.2 Å². The fourth-order valence-corrected chi connectivity index (χ4v) is 5.40. The van der Waals surface area contributed by atoms with Crippen LogP contribution in [0.3, 0.4) is 0 Å². The highest BCUT2D eigenvalue weighted by molar-refractivity contribution is 9.10. The second-order valence-corrected chi connectivity index (χ2v) is 10.7. The minimum absolute atomic E-state index is 0.0644. The Balaban J connectivity index is 0.000000153. The zero-order valence-corrected chi connectivity index (χ0v) is 23.5. The van der Waals surface area contributed by atoms with Crippen molar-refractivity contribution in [1.82, 2.24) is 15.0 Å². The van der Waals surface area contributed by atoms with Crippen LogP contribution < -0.4 is 15.4 Å². The molecule has 0 amide bonds. The van der Waals surface area contributed by atoms with Gasteiger partial charge in [0.2, 0.25) is 0 Å². The number of hydrogen-bond acceptors (Lipinski definition) is 9.